The third-order valence-corrected chi connectivity index (χ3v) is 2.43. The van der Waals surface area contributed by atoms with Crippen molar-refractivity contribution in [1.29, 1.82) is 5.26 Å². The molecule has 2 atom stereocenters. The van der Waals surface area contributed by atoms with Crippen molar-refractivity contribution in [3.63, 3.8) is 0 Å². The highest BCUT2D eigenvalue weighted by molar-refractivity contribution is 5.10. The summed E-state index contributed by atoms with van der Waals surface area (Å²) >= 11 is 0. The Morgan fingerprint density at radius 1 is 1.64 bits per heavy atom. The Labute approximate surface area is 67.2 Å². The normalized spacial score (nSPS) is 32.8. The SMILES string of the molecule is CC(O)C1(C#N)CC=CCC1. The summed E-state index contributed by atoms with van der Waals surface area (Å²) in [6.07, 6.45) is 5.94. The Hall–Kier alpha value is -0.810. The van der Waals surface area contributed by atoms with Crippen LogP contribution in [0.1, 0.15) is 26.2 Å². The Balaban J connectivity index is 2.77. The molecule has 0 saturated carbocycles. The molecule has 0 heterocycles. The summed E-state index contributed by atoms with van der Waals surface area (Å²) in [5, 5.41) is 18.2. The average Bonchev–Trinajstić information content (AvgIpc) is 2.05. The molecule has 1 aliphatic rings. The van der Waals surface area contributed by atoms with Gasteiger partial charge in [-0.25, -0.2) is 0 Å². The molecule has 1 rings (SSSR count). The third-order valence-electron chi connectivity index (χ3n) is 2.43. The molecule has 0 aromatic rings. The minimum Gasteiger partial charge on any atom is -0.392 e. The highest BCUT2D eigenvalue weighted by Crippen LogP contribution is 2.35. The van der Waals surface area contributed by atoms with Crippen LogP contribution in [0.3, 0.4) is 0 Å². The van der Waals surface area contributed by atoms with E-state index in [0.29, 0.717) is 6.42 Å². The average molecular weight is 151 g/mol. The maximum atomic E-state index is 9.37. The lowest BCUT2D eigenvalue weighted by molar-refractivity contribution is 0.0729. The van der Waals surface area contributed by atoms with Crippen LogP contribution in [0.2, 0.25) is 0 Å². The molecule has 0 aromatic carbocycles. The minimum atomic E-state index is -0.516. The first-order valence-corrected chi connectivity index (χ1v) is 3.95. The Bertz CT molecular complexity index is 202. The fraction of sp³-hybridized carbons (Fsp3) is 0.667. The fourth-order valence-electron chi connectivity index (χ4n) is 1.43. The Kier molecular flexibility index (Phi) is 2.31. The molecule has 0 spiro atoms. The van der Waals surface area contributed by atoms with E-state index in [-0.39, 0.29) is 0 Å². The summed E-state index contributed by atoms with van der Waals surface area (Å²) < 4.78 is 0. The van der Waals surface area contributed by atoms with Crippen LogP contribution < -0.4 is 0 Å². The van der Waals surface area contributed by atoms with Crippen molar-refractivity contribution in [3.8, 4) is 6.07 Å². The summed E-state index contributed by atoms with van der Waals surface area (Å²) in [5.41, 5.74) is -0.505. The van der Waals surface area contributed by atoms with Gasteiger partial charge in [-0.3, -0.25) is 0 Å². The van der Waals surface area contributed by atoms with Crippen LogP contribution in [0.25, 0.3) is 0 Å². The quantitative estimate of drug-likeness (QED) is 0.579. The maximum absolute atomic E-state index is 9.37. The van der Waals surface area contributed by atoms with E-state index in [1.807, 2.05) is 6.08 Å². The van der Waals surface area contributed by atoms with Crippen LogP contribution in [0, 0.1) is 16.7 Å². The Morgan fingerprint density at radius 2 is 2.36 bits per heavy atom. The molecule has 60 valence electrons. The molecule has 0 aromatic heterocycles. The standard InChI is InChI=1S/C9H13NO/c1-8(11)9(7-10)5-3-2-4-6-9/h2-3,8,11H,4-6H2,1H3. The van der Waals surface area contributed by atoms with Gasteiger partial charge >= 0.3 is 0 Å². The molecule has 2 unspecified atom stereocenters. The number of nitriles is 1. The van der Waals surface area contributed by atoms with E-state index in [1.54, 1.807) is 6.92 Å². The summed E-state index contributed by atoms with van der Waals surface area (Å²) in [5.74, 6) is 0. The van der Waals surface area contributed by atoms with Crippen molar-refractivity contribution < 1.29 is 5.11 Å². The van der Waals surface area contributed by atoms with Crippen LogP contribution in [0.5, 0.6) is 0 Å². The monoisotopic (exact) mass is 151 g/mol. The van der Waals surface area contributed by atoms with Crippen molar-refractivity contribution in [2.75, 3.05) is 0 Å². The highest BCUT2D eigenvalue weighted by atomic mass is 16.3. The lowest BCUT2D eigenvalue weighted by Gasteiger charge is -2.30. The molecule has 0 amide bonds. The smallest absolute Gasteiger partial charge is 0.0866 e. The van der Waals surface area contributed by atoms with E-state index in [1.165, 1.54) is 0 Å². The molecule has 2 nitrogen and oxygen atoms in total. The first-order valence-electron chi connectivity index (χ1n) is 3.95. The molecular weight excluding hydrogens is 138 g/mol. The molecule has 11 heavy (non-hydrogen) atoms. The van der Waals surface area contributed by atoms with Crippen molar-refractivity contribution in [3.05, 3.63) is 12.2 Å². The van der Waals surface area contributed by atoms with Crippen LogP contribution >= 0.6 is 0 Å². The summed E-state index contributed by atoms with van der Waals surface area (Å²) in [4.78, 5) is 0. The van der Waals surface area contributed by atoms with Gasteiger partial charge in [-0.2, -0.15) is 5.26 Å². The molecule has 0 bridgehead atoms. The van der Waals surface area contributed by atoms with Crippen molar-refractivity contribution in [1.82, 2.24) is 0 Å². The third kappa shape index (κ3) is 1.44. The minimum absolute atomic E-state index is 0.505. The van der Waals surface area contributed by atoms with E-state index in [9.17, 15) is 5.11 Å². The zero-order chi connectivity index (χ0) is 8.32. The van der Waals surface area contributed by atoms with E-state index in [2.05, 4.69) is 12.1 Å². The zero-order valence-electron chi connectivity index (χ0n) is 6.75. The van der Waals surface area contributed by atoms with E-state index < -0.39 is 11.5 Å². The molecule has 0 saturated heterocycles. The number of rotatable bonds is 1. The summed E-state index contributed by atoms with van der Waals surface area (Å²) in [6.45, 7) is 1.70. The van der Waals surface area contributed by atoms with Crippen molar-refractivity contribution >= 4 is 0 Å². The predicted molar refractivity (Wildman–Crippen MR) is 42.7 cm³/mol. The molecule has 0 fully saturated rings. The number of hydrogen-bond donors (Lipinski definition) is 1. The lowest BCUT2D eigenvalue weighted by atomic mass is 9.74. The maximum Gasteiger partial charge on any atom is 0.0866 e. The largest absolute Gasteiger partial charge is 0.392 e. The van der Waals surface area contributed by atoms with Crippen molar-refractivity contribution in [2.45, 2.75) is 32.3 Å². The van der Waals surface area contributed by atoms with Crippen molar-refractivity contribution in [2.24, 2.45) is 5.41 Å². The second kappa shape index (κ2) is 3.06. The van der Waals surface area contributed by atoms with Gasteiger partial charge < -0.3 is 5.11 Å². The number of aliphatic hydroxyl groups is 1. The van der Waals surface area contributed by atoms with Gasteiger partial charge in [0.25, 0.3) is 0 Å². The van der Waals surface area contributed by atoms with Gasteiger partial charge in [0.15, 0.2) is 0 Å². The van der Waals surface area contributed by atoms with E-state index in [0.717, 1.165) is 12.8 Å². The van der Waals surface area contributed by atoms with Crippen LogP contribution in [0.4, 0.5) is 0 Å². The molecular formula is C9H13NO. The summed E-state index contributed by atoms with van der Waals surface area (Å²) in [7, 11) is 0. The van der Waals surface area contributed by atoms with Gasteiger partial charge in [0.2, 0.25) is 0 Å². The van der Waals surface area contributed by atoms with Crippen LogP contribution in [-0.4, -0.2) is 11.2 Å². The van der Waals surface area contributed by atoms with Crippen LogP contribution in [-0.2, 0) is 0 Å². The second-order valence-corrected chi connectivity index (χ2v) is 3.16. The number of allylic oxidation sites excluding steroid dienone is 2. The number of nitrogens with zero attached hydrogens (tertiary/aromatic N) is 1. The Morgan fingerprint density at radius 3 is 2.64 bits per heavy atom. The second-order valence-electron chi connectivity index (χ2n) is 3.16. The first-order chi connectivity index (χ1) is 5.21. The molecule has 1 aliphatic carbocycles. The number of hydrogen-bond acceptors (Lipinski definition) is 2. The zero-order valence-corrected chi connectivity index (χ0v) is 6.75. The van der Waals surface area contributed by atoms with Gasteiger partial charge in [0.1, 0.15) is 0 Å². The number of aliphatic hydroxyl groups excluding tert-OH is 1. The van der Waals surface area contributed by atoms with E-state index >= 15 is 0 Å². The molecule has 0 aliphatic heterocycles. The van der Waals surface area contributed by atoms with Crippen LogP contribution in [0.15, 0.2) is 12.2 Å². The summed E-state index contributed by atoms with van der Waals surface area (Å²) in [6, 6.07) is 2.22. The highest BCUT2D eigenvalue weighted by Gasteiger charge is 2.34. The molecule has 0 radical (unpaired) electrons. The van der Waals surface area contributed by atoms with Gasteiger partial charge in [-0.1, -0.05) is 12.2 Å². The topological polar surface area (TPSA) is 44.0 Å². The fourth-order valence-corrected chi connectivity index (χ4v) is 1.43. The van der Waals surface area contributed by atoms with E-state index in [4.69, 9.17) is 5.26 Å². The first kappa shape index (κ1) is 8.29. The lowest BCUT2D eigenvalue weighted by Crippen LogP contribution is -2.32. The van der Waals surface area contributed by atoms with Gasteiger partial charge in [-0.15, -0.1) is 0 Å². The predicted octanol–water partition coefficient (Wildman–Crippen LogP) is 1.62. The molecule has 1 N–H and O–H groups in total. The van der Waals surface area contributed by atoms with Gasteiger partial charge in [-0.05, 0) is 26.2 Å². The van der Waals surface area contributed by atoms with Gasteiger partial charge in [0, 0.05) is 0 Å². The van der Waals surface area contributed by atoms with Gasteiger partial charge in [0.05, 0.1) is 17.6 Å². The molecule has 2 heteroatoms.